The first-order valence-electron chi connectivity index (χ1n) is 6.10. The van der Waals surface area contributed by atoms with Crippen molar-refractivity contribution in [2.24, 2.45) is 5.73 Å². The van der Waals surface area contributed by atoms with Crippen molar-refractivity contribution < 1.29 is 0 Å². The Kier molecular flexibility index (Phi) is 3.04. The minimum Gasteiger partial charge on any atom is -0.326 e. The molecule has 0 saturated carbocycles. The van der Waals surface area contributed by atoms with E-state index in [1.165, 1.54) is 5.56 Å². The summed E-state index contributed by atoms with van der Waals surface area (Å²) in [5.74, 6) is 0. The Bertz CT molecular complexity index is 345. The fourth-order valence-corrected chi connectivity index (χ4v) is 2.74. The predicted octanol–water partition coefficient (Wildman–Crippen LogP) is 2.56. The summed E-state index contributed by atoms with van der Waals surface area (Å²) in [5.41, 5.74) is 7.66. The molecule has 2 nitrogen and oxygen atoms in total. The summed E-state index contributed by atoms with van der Waals surface area (Å²) in [6.07, 6.45) is 1.10. The fourth-order valence-electron chi connectivity index (χ4n) is 2.74. The van der Waals surface area contributed by atoms with Crippen LogP contribution in [0.5, 0.6) is 0 Å². The molecular formula is C14H22N2. The SMILES string of the molecule is CC(c1ccccc1)N1CCC(N)C1(C)C. The number of hydrogen-bond donors (Lipinski definition) is 1. The van der Waals surface area contributed by atoms with Gasteiger partial charge in [0, 0.05) is 24.2 Å². The van der Waals surface area contributed by atoms with Crippen molar-refractivity contribution in [3.8, 4) is 0 Å². The normalized spacial score (nSPS) is 26.9. The van der Waals surface area contributed by atoms with E-state index in [2.05, 4.69) is 56.0 Å². The van der Waals surface area contributed by atoms with E-state index in [-0.39, 0.29) is 5.54 Å². The summed E-state index contributed by atoms with van der Waals surface area (Å²) >= 11 is 0. The van der Waals surface area contributed by atoms with E-state index in [9.17, 15) is 0 Å². The molecule has 1 aromatic carbocycles. The molecule has 1 aromatic rings. The minimum atomic E-state index is 0.106. The van der Waals surface area contributed by atoms with E-state index in [0.717, 1.165) is 13.0 Å². The van der Waals surface area contributed by atoms with Gasteiger partial charge < -0.3 is 5.73 Å². The molecular weight excluding hydrogens is 196 g/mol. The Morgan fingerprint density at radius 2 is 1.94 bits per heavy atom. The standard InChI is InChI=1S/C14H22N2/c1-11(12-7-5-4-6-8-12)16-10-9-13(15)14(16,2)3/h4-8,11,13H,9-10,15H2,1-3H3. The lowest BCUT2D eigenvalue weighted by Gasteiger charge is -2.39. The van der Waals surface area contributed by atoms with Crippen molar-refractivity contribution in [2.45, 2.75) is 44.8 Å². The van der Waals surface area contributed by atoms with Gasteiger partial charge in [-0.3, -0.25) is 4.90 Å². The monoisotopic (exact) mass is 218 g/mol. The van der Waals surface area contributed by atoms with Crippen LogP contribution in [0.4, 0.5) is 0 Å². The Morgan fingerprint density at radius 3 is 2.44 bits per heavy atom. The Labute approximate surface area is 98.4 Å². The second-order valence-corrected chi connectivity index (χ2v) is 5.33. The van der Waals surface area contributed by atoms with Gasteiger partial charge in [-0.25, -0.2) is 0 Å². The quantitative estimate of drug-likeness (QED) is 0.826. The third-order valence-electron chi connectivity index (χ3n) is 4.08. The van der Waals surface area contributed by atoms with Gasteiger partial charge in [0.25, 0.3) is 0 Å². The molecule has 2 heteroatoms. The summed E-state index contributed by atoms with van der Waals surface area (Å²) < 4.78 is 0. The van der Waals surface area contributed by atoms with Gasteiger partial charge in [0.1, 0.15) is 0 Å². The van der Waals surface area contributed by atoms with Crippen LogP contribution in [0.2, 0.25) is 0 Å². The van der Waals surface area contributed by atoms with Gasteiger partial charge in [-0.05, 0) is 32.8 Å². The fraction of sp³-hybridized carbons (Fsp3) is 0.571. The van der Waals surface area contributed by atoms with Crippen LogP contribution in [0.25, 0.3) is 0 Å². The molecule has 0 aliphatic carbocycles. The summed E-state index contributed by atoms with van der Waals surface area (Å²) in [4.78, 5) is 2.52. The number of benzene rings is 1. The maximum atomic E-state index is 6.18. The van der Waals surface area contributed by atoms with Crippen LogP contribution in [-0.2, 0) is 0 Å². The predicted molar refractivity (Wildman–Crippen MR) is 68.2 cm³/mol. The summed E-state index contributed by atoms with van der Waals surface area (Å²) in [7, 11) is 0. The third-order valence-corrected chi connectivity index (χ3v) is 4.08. The summed E-state index contributed by atoms with van der Waals surface area (Å²) in [5, 5.41) is 0. The first kappa shape index (κ1) is 11.6. The van der Waals surface area contributed by atoms with Crippen LogP contribution < -0.4 is 5.73 Å². The molecule has 2 N–H and O–H groups in total. The van der Waals surface area contributed by atoms with E-state index < -0.39 is 0 Å². The average Bonchev–Trinajstić information content (AvgIpc) is 2.54. The molecule has 0 bridgehead atoms. The van der Waals surface area contributed by atoms with Crippen molar-refractivity contribution in [3.63, 3.8) is 0 Å². The van der Waals surface area contributed by atoms with Crippen molar-refractivity contribution in [3.05, 3.63) is 35.9 Å². The average molecular weight is 218 g/mol. The molecule has 88 valence electrons. The van der Waals surface area contributed by atoms with Gasteiger partial charge in [-0.1, -0.05) is 30.3 Å². The smallest absolute Gasteiger partial charge is 0.0325 e. The lowest BCUT2D eigenvalue weighted by atomic mass is 9.94. The minimum absolute atomic E-state index is 0.106. The van der Waals surface area contributed by atoms with Crippen LogP contribution in [0, 0.1) is 0 Å². The highest BCUT2D eigenvalue weighted by molar-refractivity contribution is 5.20. The zero-order valence-electron chi connectivity index (χ0n) is 10.5. The maximum Gasteiger partial charge on any atom is 0.0325 e. The van der Waals surface area contributed by atoms with Crippen molar-refractivity contribution >= 4 is 0 Å². The molecule has 1 aliphatic heterocycles. The molecule has 16 heavy (non-hydrogen) atoms. The summed E-state index contributed by atoms with van der Waals surface area (Å²) in [6.45, 7) is 7.88. The second-order valence-electron chi connectivity index (χ2n) is 5.33. The Morgan fingerprint density at radius 1 is 1.31 bits per heavy atom. The molecule has 2 rings (SSSR count). The molecule has 0 aromatic heterocycles. The highest BCUT2D eigenvalue weighted by atomic mass is 15.3. The second kappa shape index (κ2) is 4.19. The van der Waals surface area contributed by atoms with E-state index in [0.29, 0.717) is 12.1 Å². The van der Waals surface area contributed by atoms with Crippen molar-refractivity contribution in [1.29, 1.82) is 0 Å². The number of likely N-dealkylation sites (tertiary alicyclic amines) is 1. The Hall–Kier alpha value is -0.860. The number of nitrogens with two attached hydrogens (primary N) is 1. The van der Waals surface area contributed by atoms with Gasteiger partial charge in [0.2, 0.25) is 0 Å². The van der Waals surface area contributed by atoms with Gasteiger partial charge >= 0.3 is 0 Å². The van der Waals surface area contributed by atoms with E-state index in [1.807, 2.05) is 0 Å². The zero-order valence-corrected chi connectivity index (χ0v) is 10.5. The lowest BCUT2D eigenvalue weighted by Crippen LogP contribution is -2.49. The van der Waals surface area contributed by atoms with Gasteiger partial charge in [-0.2, -0.15) is 0 Å². The first-order chi connectivity index (χ1) is 7.53. The van der Waals surface area contributed by atoms with E-state index in [1.54, 1.807) is 0 Å². The van der Waals surface area contributed by atoms with Crippen LogP contribution in [-0.4, -0.2) is 23.0 Å². The highest BCUT2D eigenvalue weighted by Gasteiger charge is 2.41. The molecule has 0 spiro atoms. The molecule has 0 radical (unpaired) electrons. The molecule has 1 aliphatic rings. The van der Waals surface area contributed by atoms with Crippen LogP contribution in [0.3, 0.4) is 0 Å². The van der Waals surface area contributed by atoms with Crippen LogP contribution in [0.15, 0.2) is 30.3 Å². The topological polar surface area (TPSA) is 29.3 Å². The number of nitrogens with zero attached hydrogens (tertiary/aromatic N) is 1. The van der Waals surface area contributed by atoms with Crippen molar-refractivity contribution in [1.82, 2.24) is 4.90 Å². The number of rotatable bonds is 2. The molecule has 1 saturated heterocycles. The third kappa shape index (κ3) is 1.87. The lowest BCUT2D eigenvalue weighted by molar-refractivity contribution is 0.116. The van der Waals surface area contributed by atoms with Crippen LogP contribution >= 0.6 is 0 Å². The van der Waals surface area contributed by atoms with E-state index in [4.69, 9.17) is 5.73 Å². The van der Waals surface area contributed by atoms with E-state index >= 15 is 0 Å². The zero-order chi connectivity index (χ0) is 11.8. The number of hydrogen-bond acceptors (Lipinski definition) is 2. The largest absolute Gasteiger partial charge is 0.326 e. The molecule has 1 fully saturated rings. The van der Waals surface area contributed by atoms with Gasteiger partial charge in [0.05, 0.1) is 0 Å². The first-order valence-corrected chi connectivity index (χ1v) is 6.10. The molecule has 1 heterocycles. The molecule has 2 unspecified atom stereocenters. The maximum absolute atomic E-state index is 6.18. The Balaban J connectivity index is 2.20. The van der Waals surface area contributed by atoms with Gasteiger partial charge in [0.15, 0.2) is 0 Å². The highest BCUT2D eigenvalue weighted by Crippen LogP contribution is 2.35. The van der Waals surface area contributed by atoms with Crippen LogP contribution in [0.1, 0.15) is 38.8 Å². The summed E-state index contributed by atoms with van der Waals surface area (Å²) in [6, 6.07) is 11.4. The molecule has 0 amide bonds. The molecule has 2 atom stereocenters. The van der Waals surface area contributed by atoms with Gasteiger partial charge in [-0.15, -0.1) is 0 Å². The van der Waals surface area contributed by atoms with Crippen molar-refractivity contribution in [2.75, 3.05) is 6.54 Å².